The SMILES string of the molecule is CCCNC(=O)CN1CCC(OC)C1. The van der Waals surface area contributed by atoms with Crippen molar-refractivity contribution in [3.8, 4) is 0 Å². The van der Waals surface area contributed by atoms with Gasteiger partial charge in [0.1, 0.15) is 0 Å². The van der Waals surface area contributed by atoms with Gasteiger partial charge in [-0.25, -0.2) is 0 Å². The highest BCUT2D eigenvalue weighted by Crippen LogP contribution is 2.10. The zero-order chi connectivity index (χ0) is 10.4. The van der Waals surface area contributed by atoms with E-state index in [0.29, 0.717) is 12.6 Å². The van der Waals surface area contributed by atoms with Crippen LogP contribution in [0.3, 0.4) is 0 Å². The molecule has 0 aromatic heterocycles. The van der Waals surface area contributed by atoms with Gasteiger partial charge in [-0.15, -0.1) is 0 Å². The summed E-state index contributed by atoms with van der Waals surface area (Å²) < 4.78 is 5.23. The quantitative estimate of drug-likeness (QED) is 0.691. The van der Waals surface area contributed by atoms with Crippen molar-refractivity contribution in [3.05, 3.63) is 0 Å². The monoisotopic (exact) mass is 200 g/mol. The summed E-state index contributed by atoms with van der Waals surface area (Å²) in [7, 11) is 1.73. The van der Waals surface area contributed by atoms with E-state index in [2.05, 4.69) is 17.1 Å². The van der Waals surface area contributed by atoms with Gasteiger partial charge in [-0.3, -0.25) is 9.69 Å². The van der Waals surface area contributed by atoms with Crippen molar-refractivity contribution >= 4 is 5.91 Å². The first-order chi connectivity index (χ1) is 6.76. The minimum Gasteiger partial charge on any atom is -0.380 e. The fourth-order valence-electron chi connectivity index (χ4n) is 1.66. The molecule has 4 heteroatoms. The summed E-state index contributed by atoms with van der Waals surface area (Å²) in [6, 6.07) is 0. The molecule has 1 rings (SSSR count). The molecule has 4 nitrogen and oxygen atoms in total. The van der Waals surface area contributed by atoms with E-state index in [0.717, 1.165) is 32.5 Å². The Kier molecular flexibility index (Phi) is 4.90. The minimum absolute atomic E-state index is 0.128. The number of methoxy groups -OCH3 is 1. The van der Waals surface area contributed by atoms with Crippen molar-refractivity contribution in [2.75, 3.05) is 33.3 Å². The molecule has 1 aliphatic heterocycles. The Morgan fingerprint density at radius 3 is 3.00 bits per heavy atom. The molecule has 82 valence electrons. The second kappa shape index (κ2) is 5.98. The van der Waals surface area contributed by atoms with Crippen LogP contribution < -0.4 is 5.32 Å². The van der Waals surface area contributed by atoms with Gasteiger partial charge in [0.25, 0.3) is 0 Å². The number of rotatable bonds is 5. The van der Waals surface area contributed by atoms with E-state index < -0.39 is 0 Å². The molecular weight excluding hydrogens is 180 g/mol. The van der Waals surface area contributed by atoms with E-state index in [-0.39, 0.29) is 5.91 Å². The molecule has 14 heavy (non-hydrogen) atoms. The lowest BCUT2D eigenvalue weighted by atomic mass is 10.3. The van der Waals surface area contributed by atoms with Crippen LogP contribution >= 0.6 is 0 Å². The number of likely N-dealkylation sites (tertiary alicyclic amines) is 1. The molecule has 1 aliphatic rings. The lowest BCUT2D eigenvalue weighted by molar-refractivity contribution is -0.122. The van der Waals surface area contributed by atoms with Crippen LogP contribution in [0.4, 0.5) is 0 Å². The molecule has 1 fully saturated rings. The Bertz CT molecular complexity index is 185. The first kappa shape index (κ1) is 11.5. The fraction of sp³-hybridized carbons (Fsp3) is 0.900. The van der Waals surface area contributed by atoms with Crippen LogP contribution in [0, 0.1) is 0 Å². The second-order valence-electron chi connectivity index (χ2n) is 3.73. The summed E-state index contributed by atoms with van der Waals surface area (Å²) in [6.07, 6.45) is 2.35. The van der Waals surface area contributed by atoms with E-state index in [4.69, 9.17) is 4.74 Å². The van der Waals surface area contributed by atoms with Crippen LogP contribution in [0.25, 0.3) is 0 Å². The molecule has 0 aromatic carbocycles. The maximum absolute atomic E-state index is 11.4. The Morgan fingerprint density at radius 2 is 2.43 bits per heavy atom. The zero-order valence-corrected chi connectivity index (χ0v) is 9.08. The molecule has 0 spiro atoms. The topological polar surface area (TPSA) is 41.6 Å². The molecule has 0 aliphatic carbocycles. The number of amides is 1. The molecule has 0 bridgehead atoms. The van der Waals surface area contributed by atoms with Crippen molar-refractivity contribution in [1.82, 2.24) is 10.2 Å². The summed E-state index contributed by atoms with van der Waals surface area (Å²) in [6.45, 7) is 5.20. The van der Waals surface area contributed by atoms with Crippen LogP contribution in [-0.2, 0) is 9.53 Å². The highest BCUT2D eigenvalue weighted by Gasteiger charge is 2.23. The Hall–Kier alpha value is -0.610. The van der Waals surface area contributed by atoms with Crippen molar-refractivity contribution in [3.63, 3.8) is 0 Å². The highest BCUT2D eigenvalue weighted by molar-refractivity contribution is 5.77. The summed E-state index contributed by atoms with van der Waals surface area (Å²) >= 11 is 0. The average Bonchev–Trinajstić information content (AvgIpc) is 2.62. The third-order valence-corrected chi connectivity index (χ3v) is 2.50. The number of nitrogens with zero attached hydrogens (tertiary/aromatic N) is 1. The van der Waals surface area contributed by atoms with Gasteiger partial charge in [-0.05, 0) is 12.8 Å². The maximum atomic E-state index is 11.4. The van der Waals surface area contributed by atoms with Crippen LogP contribution in [0.15, 0.2) is 0 Å². The van der Waals surface area contributed by atoms with E-state index in [1.165, 1.54) is 0 Å². The largest absolute Gasteiger partial charge is 0.380 e. The molecule has 1 heterocycles. The lowest BCUT2D eigenvalue weighted by Gasteiger charge is -2.14. The summed E-state index contributed by atoms with van der Waals surface area (Å²) in [5.41, 5.74) is 0. The number of carbonyl (C=O) groups is 1. The number of hydrogen-bond acceptors (Lipinski definition) is 3. The van der Waals surface area contributed by atoms with Gasteiger partial charge >= 0.3 is 0 Å². The van der Waals surface area contributed by atoms with Gasteiger partial charge in [0, 0.05) is 26.7 Å². The predicted molar refractivity (Wildman–Crippen MR) is 55.2 cm³/mol. The van der Waals surface area contributed by atoms with Crippen LogP contribution in [-0.4, -0.2) is 50.2 Å². The maximum Gasteiger partial charge on any atom is 0.234 e. The number of hydrogen-bond donors (Lipinski definition) is 1. The van der Waals surface area contributed by atoms with Crippen LogP contribution in [0.5, 0.6) is 0 Å². The molecule has 0 radical (unpaired) electrons. The Morgan fingerprint density at radius 1 is 1.64 bits per heavy atom. The van der Waals surface area contributed by atoms with Crippen molar-refractivity contribution in [2.45, 2.75) is 25.9 Å². The van der Waals surface area contributed by atoms with Gasteiger partial charge in [0.05, 0.1) is 12.6 Å². The number of ether oxygens (including phenoxy) is 1. The van der Waals surface area contributed by atoms with Crippen molar-refractivity contribution < 1.29 is 9.53 Å². The minimum atomic E-state index is 0.128. The van der Waals surface area contributed by atoms with Gasteiger partial charge in [0.2, 0.25) is 5.91 Å². The molecule has 1 unspecified atom stereocenters. The summed E-state index contributed by atoms with van der Waals surface area (Å²) in [4.78, 5) is 13.5. The zero-order valence-electron chi connectivity index (χ0n) is 9.08. The fourth-order valence-corrected chi connectivity index (χ4v) is 1.66. The smallest absolute Gasteiger partial charge is 0.234 e. The second-order valence-corrected chi connectivity index (χ2v) is 3.73. The number of carbonyl (C=O) groups excluding carboxylic acids is 1. The van der Waals surface area contributed by atoms with E-state index in [1.54, 1.807) is 7.11 Å². The first-order valence-electron chi connectivity index (χ1n) is 5.28. The van der Waals surface area contributed by atoms with E-state index in [1.807, 2.05) is 0 Å². The summed E-state index contributed by atoms with van der Waals surface area (Å²) in [5.74, 6) is 0.128. The summed E-state index contributed by atoms with van der Waals surface area (Å²) in [5, 5.41) is 2.87. The average molecular weight is 200 g/mol. The van der Waals surface area contributed by atoms with Crippen molar-refractivity contribution in [2.24, 2.45) is 0 Å². The Labute approximate surface area is 85.6 Å². The van der Waals surface area contributed by atoms with Gasteiger partial charge in [0.15, 0.2) is 0 Å². The van der Waals surface area contributed by atoms with Gasteiger partial charge in [-0.2, -0.15) is 0 Å². The number of nitrogens with one attached hydrogen (secondary N) is 1. The van der Waals surface area contributed by atoms with Gasteiger partial charge < -0.3 is 10.1 Å². The normalized spacial score (nSPS) is 22.6. The van der Waals surface area contributed by atoms with Crippen LogP contribution in [0.1, 0.15) is 19.8 Å². The molecular formula is C10H20N2O2. The van der Waals surface area contributed by atoms with E-state index in [9.17, 15) is 4.79 Å². The Balaban J connectivity index is 2.15. The lowest BCUT2D eigenvalue weighted by Crippen LogP contribution is -2.36. The third kappa shape index (κ3) is 3.64. The molecule has 1 N–H and O–H groups in total. The molecule has 1 saturated heterocycles. The molecule has 1 atom stereocenters. The van der Waals surface area contributed by atoms with Crippen LogP contribution in [0.2, 0.25) is 0 Å². The van der Waals surface area contributed by atoms with E-state index >= 15 is 0 Å². The van der Waals surface area contributed by atoms with Crippen molar-refractivity contribution in [1.29, 1.82) is 0 Å². The molecule has 0 aromatic rings. The molecule has 1 amide bonds. The first-order valence-corrected chi connectivity index (χ1v) is 5.28. The third-order valence-electron chi connectivity index (χ3n) is 2.50. The van der Waals surface area contributed by atoms with Gasteiger partial charge in [-0.1, -0.05) is 6.92 Å². The standard InChI is InChI=1S/C10H20N2O2/c1-3-5-11-10(13)8-12-6-4-9(7-12)14-2/h9H,3-8H2,1-2H3,(H,11,13). The molecule has 0 saturated carbocycles. The predicted octanol–water partition coefficient (Wildman–Crippen LogP) is 0.233. The highest BCUT2D eigenvalue weighted by atomic mass is 16.5.